The van der Waals surface area contributed by atoms with Gasteiger partial charge in [0.15, 0.2) is 0 Å². The first-order chi connectivity index (χ1) is 9.31. The number of rotatable bonds is 5. The molecular formula is C16H24ClFN2. The fourth-order valence-electron chi connectivity index (χ4n) is 3.05. The average Bonchev–Trinajstić information content (AvgIpc) is 3.23. The van der Waals surface area contributed by atoms with Crippen molar-refractivity contribution in [2.75, 3.05) is 19.6 Å². The Bertz CT molecular complexity index is 417. The first-order valence-corrected chi connectivity index (χ1v) is 7.50. The van der Waals surface area contributed by atoms with Crippen LogP contribution in [0.15, 0.2) is 24.3 Å². The van der Waals surface area contributed by atoms with E-state index >= 15 is 0 Å². The van der Waals surface area contributed by atoms with Crippen molar-refractivity contribution in [2.24, 2.45) is 5.92 Å². The Morgan fingerprint density at radius 1 is 1.15 bits per heavy atom. The molecule has 4 heteroatoms. The normalized spacial score (nSPS) is 19.9. The van der Waals surface area contributed by atoms with Crippen LogP contribution in [0, 0.1) is 11.7 Å². The first kappa shape index (κ1) is 15.7. The van der Waals surface area contributed by atoms with Gasteiger partial charge in [-0.1, -0.05) is 12.1 Å². The Balaban J connectivity index is 0.00000147. The Hall–Kier alpha value is -0.640. The molecule has 0 atom stereocenters. The summed E-state index contributed by atoms with van der Waals surface area (Å²) in [4.78, 5) is 2.57. The molecular weight excluding hydrogens is 275 g/mol. The maximum atomic E-state index is 13.3. The van der Waals surface area contributed by atoms with E-state index in [9.17, 15) is 4.39 Å². The van der Waals surface area contributed by atoms with Gasteiger partial charge in [-0.05, 0) is 62.4 Å². The molecule has 0 radical (unpaired) electrons. The molecule has 1 aliphatic carbocycles. The molecule has 0 amide bonds. The molecule has 112 valence electrons. The molecule has 3 rings (SSSR count). The molecule has 0 aromatic heterocycles. The van der Waals surface area contributed by atoms with Crippen molar-refractivity contribution in [3.63, 3.8) is 0 Å². The standard InChI is InChI=1S/C16H23FN2.ClH/c17-15-3-1-2-14(10-15)12-19(16-4-5-16)11-13-6-8-18-9-7-13;/h1-3,10,13,16,18H,4-9,11-12H2;1H. The zero-order chi connectivity index (χ0) is 13.1. The molecule has 0 spiro atoms. The maximum absolute atomic E-state index is 13.3. The molecule has 0 unspecified atom stereocenters. The van der Waals surface area contributed by atoms with E-state index < -0.39 is 0 Å². The number of hydrogen-bond acceptors (Lipinski definition) is 2. The van der Waals surface area contributed by atoms with Gasteiger partial charge in [-0.3, -0.25) is 4.90 Å². The van der Waals surface area contributed by atoms with E-state index in [4.69, 9.17) is 0 Å². The maximum Gasteiger partial charge on any atom is 0.123 e. The lowest BCUT2D eigenvalue weighted by molar-refractivity contribution is 0.190. The second-order valence-electron chi connectivity index (χ2n) is 5.98. The predicted octanol–water partition coefficient (Wildman–Crippen LogP) is 3.21. The SMILES string of the molecule is Cl.Fc1cccc(CN(CC2CCNCC2)C2CC2)c1. The summed E-state index contributed by atoms with van der Waals surface area (Å²) < 4.78 is 13.3. The predicted molar refractivity (Wildman–Crippen MR) is 82.7 cm³/mol. The zero-order valence-electron chi connectivity index (χ0n) is 11.9. The number of halogens is 2. The van der Waals surface area contributed by atoms with Crippen molar-refractivity contribution in [3.05, 3.63) is 35.6 Å². The Morgan fingerprint density at radius 2 is 1.90 bits per heavy atom. The van der Waals surface area contributed by atoms with E-state index in [2.05, 4.69) is 10.2 Å². The monoisotopic (exact) mass is 298 g/mol. The molecule has 2 fully saturated rings. The summed E-state index contributed by atoms with van der Waals surface area (Å²) in [7, 11) is 0. The van der Waals surface area contributed by atoms with Crippen LogP contribution in [-0.4, -0.2) is 30.6 Å². The summed E-state index contributed by atoms with van der Waals surface area (Å²) in [5.74, 6) is 0.700. The minimum atomic E-state index is -0.116. The highest BCUT2D eigenvalue weighted by Gasteiger charge is 2.30. The van der Waals surface area contributed by atoms with Gasteiger partial charge in [0.2, 0.25) is 0 Å². The van der Waals surface area contributed by atoms with Crippen LogP contribution in [0.4, 0.5) is 4.39 Å². The smallest absolute Gasteiger partial charge is 0.123 e. The highest BCUT2D eigenvalue weighted by atomic mass is 35.5. The molecule has 1 aromatic carbocycles. The molecule has 0 bridgehead atoms. The van der Waals surface area contributed by atoms with Crippen LogP contribution in [0.3, 0.4) is 0 Å². The summed E-state index contributed by atoms with van der Waals surface area (Å²) in [6, 6.07) is 7.81. The van der Waals surface area contributed by atoms with Crippen LogP contribution in [0.1, 0.15) is 31.2 Å². The Labute approximate surface area is 127 Å². The molecule has 1 saturated carbocycles. The number of piperidine rings is 1. The molecule has 1 saturated heterocycles. The van der Waals surface area contributed by atoms with Gasteiger partial charge in [-0.15, -0.1) is 12.4 Å². The number of benzene rings is 1. The van der Waals surface area contributed by atoms with Crippen molar-refractivity contribution >= 4 is 12.4 Å². The van der Waals surface area contributed by atoms with Crippen molar-refractivity contribution in [1.29, 1.82) is 0 Å². The first-order valence-electron chi connectivity index (χ1n) is 7.50. The van der Waals surface area contributed by atoms with E-state index in [-0.39, 0.29) is 18.2 Å². The quantitative estimate of drug-likeness (QED) is 0.898. The summed E-state index contributed by atoms with van der Waals surface area (Å²) in [5.41, 5.74) is 1.11. The van der Waals surface area contributed by atoms with E-state index in [0.717, 1.165) is 37.2 Å². The highest BCUT2D eigenvalue weighted by Crippen LogP contribution is 2.30. The zero-order valence-corrected chi connectivity index (χ0v) is 12.7. The van der Waals surface area contributed by atoms with Gasteiger partial charge in [-0.25, -0.2) is 4.39 Å². The summed E-state index contributed by atoms with van der Waals surface area (Å²) in [6.07, 6.45) is 5.21. The number of hydrogen-bond donors (Lipinski definition) is 1. The molecule has 20 heavy (non-hydrogen) atoms. The third-order valence-corrected chi connectivity index (χ3v) is 4.29. The second-order valence-corrected chi connectivity index (χ2v) is 5.98. The van der Waals surface area contributed by atoms with E-state index in [1.54, 1.807) is 6.07 Å². The van der Waals surface area contributed by atoms with Crippen molar-refractivity contribution in [1.82, 2.24) is 10.2 Å². The Morgan fingerprint density at radius 3 is 2.55 bits per heavy atom. The van der Waals surface area contributed by atoms with Gasteiger partial charge in [0.25, 0.3) is 0 Å². The van der Waals surface area contributed by atoms with E-state index in [0.29, 0.717) is 0 Å². The molecule has 1 aliphatic heterocycles. The lowest BCUT2D eigenvalue weighted by Crippen LogP contribution is -2.37. The number of nitrogens with one attached hydrogen (secondary N) is 1. The van der Waals surface area contributed by atoms with E-state index in [1.165, 1.54) is 38.3 Å². The van der Waals surface area contributed by atoms with Crippen molar-refractivity contribution < 1.29 is 4.39 Å². The van der Waals surface area contributed by atoms with E-state index in [1.807, 2.05) is 12.1 Å². The van der Waals surface area contributed by atoms with Crippen LogP contribution in [0.5, 0.6) is 0 Å². The lowest BCUT2D eigenvalue weighted by atomic mass is 9.97. The summed E-state index contributed by atoms with van der Waals surface area (Å²) >= 11 is 0. The van der Waals surface area contributed by atoms with Gasteiger partial charge in [-0.2, -0.15) is 0 Å². The Kier molecular flexibility index (Phi) is 5.82. The van der Waals surface area contributed by atoms with Gasteiger partial charge < -0.3 is 5.32 Å². The van der Waals surface area contributed by atoms with Gasteiger partial charge >= 0.3 is 0 Å². The fourth-order valence-corrected chi connectivity index (χ4v) is 3.05. The number of nitrogens with zero attached hydrogens (tertiary/aromatic N) is 1. The fraction of sp³-hybridized carbons (Fsp3) is 0.625. The van der Waals surface area contributed by atoms with Crippen LogP contribution < -0.4 is 5.32 Å². The lowest BCUT2D eigenvalue weighted by Gasteiger charge is -2.30. The minimum absolute atomic E-state index is 0. The third-order valence-electron chi connectivity index (χ3n) is 4.29. The molecule has 2 aliphatic rings. The topological polar surface area (TPSA) is 15.3 Å². The summed E-state index contributed by atoms with van der Waals surface area (Å²) in [6.45, 7) is 4.40. The van der Waals surface area contributed by atoms with Gasteiger partial charge in [0.05, 0.1) is 0 Å². The molecule has 1 heterocycles. The highest BCUT2D eigenvalue weighted by molar-refractivity contribution is 5.85. The van der Waals surface area contributed by atoms with Gasteiger partial charge in [0, 0.05) is 19.1 Å². The van der Waals surface area contributed by atoms with Crippen LogP contribution in [-0.2, 0) is 6.54 Å². The molecule has 1 N–H and O–H groups in total. The third kappa shape index (κ3) is 4.44. The second kappa shape index (κ2) is 7.39. The molecule has 1 aromatic rings. The molecule has 2 nitrogen and oxygen atoms in total. The van der Waals surface area contributed by atoms with Crippen molar-refractivity contribution in [3.8, 4) is 0 Å². The van der Waals surface area contributed by atoms with Crippen LogP contribution in [0.2, 0.25) is 0 Å². The van der Waals surface area contributed by atoms with Gasteiger partial charge in [0.1, 0.15) is 5.82 Å². The largest absolute Gasteiger partial charge is 0.317 e. The van der Waals surface area contributed by atoms with Crippen LogP contribution in [0.25, 0.3) is 0 Å². The minimum Gasteiger partial charge on any atom is -0.317 e. The van der Waals surface area contributed by atoms with Crippen molar-refractivity contribution in [2.45, 2.75) is 38.3 Å². The average molecular weight is 299 g/mol. The van der Waals surface area contributed by atoms with Crippen LogP contribution >= 0.6 is 12.4 Å². The summed E-state index contributed by atoms with van der Waals surface area (Å²) in [5, 5.41) is 3.42.